The van der Waals surface area contributed by atoms with Crippen LogP contribution in [0.15, 0.2) is 24.3 Å². The summed E-state index contributed by atoms with van der Waals surface area (Å²) in [5, 5.41) is 10.8. The first-order chi connectivity index (χ1) is 9.89. The third-order valence-corrected chi connectivity index (χ3v) is 4.30. The quantitative estimate of drug-likeness (QED) is 0.893. The van der Waals surface area contributed by atoms with Gasteiger partial charge in [0, 0.05) is 25.9 Å². The number of aliphatic hydroxyl groups is 1. The van der Waals surface area contributed by atoms with Crippen LogP contribution < -0.4 is 0 Å². The highest BCUT2D eigenvalue weighted by Crippen LogP contribution is 2.22. The van der Waals surface area contributed by atoms with Crippen LogP contribution in [0.4, 0.5) is 0 Å². The van der Waals surface area contributed by atoms with Gasteiger partial charge in [-0.1, -0.05) is 12.1 Å². The summed E-state index contributed by atoms with van der Waals surface area (Å²) in [6, 6.07) is 8.01. The van der Waals surface area contributed by atoms with E-state index >= 15 is 0 Å². The monoisotopic (exact) mass is 306 g/mol. The summed E-state index contributed by atoms with van der Waals surface area (Å²) in [4.78, 5) is 18.5. The number of carbonyl (C=O) groups is 1. The van der Waals surface area contributed by atoms with Crippen molar-refractivity contribution in [3.8, 4) is 0 Å². The molecule has 0 fully saturated rings. The van der Waals surface area contributed by atoms with E-state index in [1.54, 1.807) is 30.1 Å². The summed E-state index contributed by atoms with van der Waals surface area (Å²) in [6.07, 6.45) is 1.09. The number of nitrogens with zero attached hydrogens (tertiary/aromatic N) is 2. The minimum Gasteiger partial charge on any atom is -0.389 e. The van der Waals surface area contributed by atoms with Gasteiger partial charge in [0.25, 0.3) is 0 Å². The molecule has 1 amide bonds. The Morgan fingerprint density at radius 3 is 2.71 bits per heavy atom. The lowest BCUT2D eigenvalue weighted by Gasteiger charge is -2.28. The molecule has 0 unspecified atom stereocenters. The molecule has 1 N–H and O–H groups in total. The van der Waals surface area contributed by atoms with Crippen LogP contribution in [0.25, 0.3) is 10.2 Å². The molecule has 2 rings (SSSR count). The van der Waals surface area contributed by atoms with Crippen molar-refractivity contribution >= 4 is 27.5 Å². The van der Waals surface area contributed by atoms with Crippen molar-refractivity contribution in [3.05, 3.63) is 29.3 Å². The fourth-order valence-electron chi connectivity index (χ4n) is 2.24. The second-order valence-corrected chi connectivity index (χ2v) is 6.91. The first kappa shape index (κ1) is 15.9. The Morgan fingerprint density at radius 1 is 1.38 bits per heavy atom. The zero-order valence-corrected chi connectivity index (χ0v) is 13.6. The predicted octanol–water partition coefficient (Wildman–Crippen LogP) is 2.85. The van der Waals surface area contributed by atoms with E-state index < -0.39 is 5.60 Å². The summed E-state index contributed by atoms with van der Waals surface area (Å²) in [5.74, 6) is 0.0684. The Balaban J connectivity index is 1.96. The minimum atomic E-state index is -0.860. The largest absolute Gasteiger partial charge is 0.389 e. The topological polar surface area (TPSA) is 53.4 Å². The Bertz CT molecular complexity index is 583. The Kier molecular flexibility index (Phi) is 4.96. The van der Waals surface area contributed by atoms with Crippen LogP contribution in [0.5, 0.6) is 0 Å². The molecule has 0 radical (unpaired) electrons. The standard InChI is InChI=1S/C16H22N2O2S/c1-4-18(11-16(2,3)20)15(19)10-9-14-17-12-7-5-6-8-13(12)21-14/h5-8,20H,4,9-11H2,1-3H3. The number of thiazole rings is 1. The van der Waals surface area contributed by atoms with Crippen molar-refractivity contribution in [2.45, 2.75) is 39.2 Å². The van der Waals surface area contributed by atoms with Gasteiger partial charge in [0.1, 0.15) is 0 Å². The van der Waals surface area contributed by atoms with E-state index in [1.165, 1.54) is 0 Å². The van der Waals surface area contributed by atoms with Gasteiger partial charge in [-0.25, -0.2) is 4.98 Å². The molecule has 0 aliphatic heterocycles. The van der Waals surface area contributed by atoms with Crippen LogP contribution >= 0.6 is 11.3 Å². The van der Waals surface area contributed by atoms with Crippen LogP contribution in [-0.2, 0) is 11.2 Å². The van der Waals surface area contributed by atoms with E-state index in [2.05, 4.69) is 4.98 Å². The first-order valence-corrected chi connectivity index (χ1v) is 8.05. The van der Waals surface area contributed by atoms with Gasteiger partial charge < -0.3 is 10.0 Å². The van der Waals surface area contributed by atoms with Crippen molar-refractivity contribution in [1.82, 2.24) is 9.88 Å². The van der Waals surface area contributed by atoms with Gasteiger partial charge in [0.05, 0.1) is 20.8 Å². The number of benzene rings is 1. The number of para-hydroxylation sites is 1. The summed E-state index contributed by atoms with van der Waals surface area (Å²) in [7, 11) is 0. The minimum absolute atomic E-state index is 0.0684. The van der Waals surface area contributed by atoms with Crippen molar-refractivity contribution in [2.75, 3.05) is 13.1 Å². The van der Waals surface area contributed by atoms with E-state index in [4.69, 9.17) is 0 Å². The van der Waals surface area contributed by atoms with Gasteiger partial charge in [-0.15, -0.1) is 11.3 Å². The molecular weight excluding hydrogens is 284 g/mol. The Labute approximate surface area is 129 Å². The van der Waals surface area contributed by atoms with E-state index in [-0.39, 0.29) is 5.91 Å². The number of aryl methyl sites for hydroxylation is 1. The number of rotatable bonds is 6. The smallest absolute Gasteiger partial charge is 0.223 e. The van der Waals surface area contributed by atoms with Crippen LogP contribution in [0.3, 0.4) is 0 Å². The van der Waals surface area contributed by atoms with Crippen LogP contribution in [-0.4, -0.2) is 39.6 Å². The highest BCUT2D eigenvalue weighted by Gasteiger charge is 2.21. The average Bonchev–Trinajstić information content (AvgIpc) is 2.84. The van der Waals surface area contributed by atoms with E-state index in [1.807, 2.05) is 31.2 Å². The molecule has 114 valence electrons. The molecule has 0 saturated carbocycles. The fourth-order valence-corrected chi connectivity index (χ4v) is 3.21. The zero-order valence-electron chi connectivity index (χ0n) is 12.8. The van der Waals surface area contributed by atoms with Gasteiger partial charge in [0.2, 0.25) is 5.91 Å². The highest BCUT2D eigenvalue weighted by molar-refractivity contribution is 7.18. The summed E-state index contributed by atoms with van der Waals surface area (Å²) < 4.78 is 1.16. The number of fused-ring (bicyclic) bond motifs is 1. The number of hydrogen-bond donors (Lipinski definition) is 1. The third kappa shape index (κ3) is 4.51. The Morgan fingerprint density at radius 2 is 2.10 bits per heavy atom. The molecule has 21 heavy (non-hydrogen) atoms. The molecule has 1 aromatic heterocycles. The lowest BCUT2D eigenvalue weighted by Crippen LogP contribution is -2.42. The lowest BCUT2D eigenvalue weighted by molar-refractivity contribution is -0.133. The summed E-state index contributed by atoms with van der Waals surface area (Å²) in [6.45, 7) is 6.35. The predicted molar refractivity (Wildman–Crippen MR) is 86.5 cm³/mol. The van der Waals surface area contributed by atoms with Crippen molar-refractivity contribution < 1.29 is 9.90 Å². The van der Waals surface area contributed by atoms with Crippen molar-refractivity contribution in [3.63, 3.8) is 0 Å². The third-order valence-electron chi connectivity index (χ3n) is 3.20. The molecule has 4 nitrogen and oxygen atoms in total. The second-order valence-electron chi connectivity index (χ2n) is 5.80. The van der Waals surface area contributed by atoms with Gasteiger partial charge in [-0.05, 0) is 32.9 Å². The molecule has 0 atom stereocenters. The van der Waals surface area contributed by atoms with Crippen LogP contribution in [0.1, 0.15) is 32.2 Å². The van der Waals surface area contributed by atoms with Gasteiger partial charge in [0.15, 0.2) is 0 Å². The molecular formula is C16H22N2O2S. The van der Waals surface area contributed by atoms with Crippen molar-refractivity contribution in [2.24, 2.45) is 0 Å². The van der Waals surface area contributed by atoms with Gasteiger partial charge in [-0.2, -0.15) is 0 Å². The summed E-state index contributed by atoms with van der Waals surface area (Å²) in [5.41, 5.74) is 0.135. The molecule has 1 aromatic carbocycles. The Hall–Kier alpha value is -1.46. The maximum Gasteiger partial charge on any atom is 0.223 e. The number of hydrogen-bond acceptors (Lipinski definition) is 4. The van der Waals surface area contributed by atoms with Crippen LogP contribution in [0, 0.1) is 0 Å². The highest BCUT2D eigenvalue weighted by atomic mass is 32.1. The maximum absolute atomic E-state index is 12.2. The average molecular weight is 306 g/mol. The number of likely N-dealkylation sites (N-methyl/N-ethyl adjacent to an activating group) is 1. The van der Waals surface area contributed by atoms with Crippen LogP contribution in [0.2, 0.25) is 0 Å². The molecule has 0 bridgehead atoms. The second kappa shape index (κ2) is 6.54. The fraction of sp³-hybridized carbons (Fsp3) is 0.500. The van der Waals surface area contributed by atoms with E-state index in [0.717, 1.165) is 15.2 Å². The molecule has 0 saturated heterocycles. The van der Waals surface area contributed by atoms with Gasteiger partial charge in [-0.3, -0.25) is 4.79 Å². The molecule has 0 aliphatic carbocycles. The molecule has 0 spiro atoms. The first-order valence-electron chi connectivity index (χ1n) is 7.23. The van der Waals surface area contributed by atoms with Gasteiger partial charge >= 0.3 is 0 Å². The molecule has 0 aliphatic rings. The molecule has 1 heterocycles. The number of carbonyl (C=O) groups excluding carboxylic acids is 1. The number of amides is 1. The maximum atomic E-state index is 12.2. The normalized spacial score (nSPS) is 11.8. The molecule has 5 heteroatoms. The van der Waals surface area contributed by atoms with E-state index in [9.17, 15) is 9.90 Å². The van der Waals surface area contributed by atoms with Crippen molar-refractivity contribution in [1.29, 1.82) is 0 Å². The molecule has 2 aromatic rings. The zero-order chi connectivity index (χ0) is 15.5. The summed E-state index contributed by atoms with van der Waals surface area (Å²) >= 11 is 1.64. The lowest BCUT2D eigenvalue weighted by atomic mass is 10.1. The SMILES string of the molecule is CCN(CC(C)(C)O)C(=O)CCc1nc2ccccc2s1. The number of aromatic nitrogens is 1. The van der Waals surface area contributed by atoms with E-state index in [0.29, 0.717) is 25.9 Å².